The Kier molecular flexibility index (Phi) is 9.93. The fourth-order valence-corrected chi connectivity index (χ4v) is 0.277. The molecule has 0 saturated carbocycles. The first kappa shape index (κ1) is 11.5. The molecule has 0 aromatic heterocycles. The van der Waals surface area contributed by atoms with E-state index in [0.717, 1.165) is 0 Å². The largest absolute Gasteiger partial charge is 0.508 e. The Bertz CT molecular complexity index is 66.6. The van der Waals surface area contributed by atoms with Crippen molar-refractivity contribution in [3.05, 3.63) is 0 Å². The van der Waals surface area contributed by atoms with Gasteiger partial charge in [0.25, 0.3) is 0 Å². The predicted molar refractivity (Wildman–Crippen MR) is 39.0 cm³/mol. The maximum atomic E-state index is 10.2. The number of hydrogen-bond donors (Lipinski definition) is 0. The van der Waals surface area contributed by atoms with Gasteiger partial charge in [-0.15, -0.1) is 17.0 Å². The van der Waals surface area contributed by atoms with Crippen molar-refractivity contribution in [3.8, 4) is 0 Å². The highest BCUT2D eigenvalue weighted by Gasteiger charge is 1.96. The second-order valence-electron chi connectivity index (χ2n) is 1.12. The van der Waals surface area contributed by atoms with Gasteiger partial charge >= 0.3 is 6.16 Å². The average molecular weight is 199 g/mol. The first-order valence-electron chi connectivity index (χ1n) is 2.60. The minimum absolute atomic E-state index is 0. The molecular weight excluding hydrogens is 188 g/mol. The highest BCUT2D eigenvalue weighted by Crippen LogP contribution is 1.81. The van der Waals surface area contributed by atoms with Crippen LogP contribution in [0.25, 0.3) is 0 Å². The lowest BCUT2D eigenvalue weighted by atomic mass is 10.8. The number of halogens is 1. The minimum atomic E-state index is -0.588. The summed E-state index contributed by atoms with van der Waals surface area (Å²) in [6.07, 6.45) is -0.588. The Morgan fingerprint density at radius 3 is 1.78 bits per heavy atom. The third kappa shape index (κ3) is 7.75. The van der Waals surface area contributed by atoms with Crippen LogP contribution in [0.4, 0.5) is 4.79 Å². The zero-order valence-electron chi connectivity index (χ0n) is 5.55. The fraction of sp³-hybridized carbons (Fsp3) is 0.800. The van der Waals surface area contributed by atoms with Gasteiger partial charge in [-0.25, -0.2) is 4.79 Å². The Labute approximate surface area is 65.1 Å². The van der Waals surface area contributed by atoms with Crippen molar-refractivity contribution in [1.82, 2.24) is 0 Å². The molecule has 0 heterocycles. The van der Waals surface area contributed by atoms with Gasteiger partial charge in [-0.05, 0) is 13.8 Å². The summed E-state index contributed by atoms with van der Waals surface area (Å²) in [5.41, 5.74) is 0. The molecule has 0 fully saturated rings. The zero-order valence-corrected chi connectivity index (χ0v) is 7.26. The molecule has 0 saturated heterocycles. The molecule has 0 aliphatic heterocycles. The predicted octanol–water partition coefficient (Wildman–Crippen LogP) is 1.76. The molecule has 0 aliphatic carbocycles. The van der Waals surface area contributed by atoms with E-state index < -0.39 is 6.16 Å². The SMILES string of the molecule is Br.CCOC(=O)OCC. The molecule has 0 bridgehead atoms. The molecule has 56 valence electrons. The molecule has 0 unspecified atom stereocenters. The summed E-state index contributed by atoms with van der Waals surface area (Å²) in [6, 6.07) is 0. The van der Waals surface area contributed by atoms with Crippen molar-refractivity contribution in [2.24, 2.45) is 0 Å². The van der Waals surface area contributed by atoms with Crippen LogP contribution in [0.3, 0.4) is 0 Å². The van der Waals surface area contributed by atoms with E-state index in [1.54, 1.807) is 13.8 Å². The Balaban J connectivity index is 0. The third-order valence-corrected chi connectivity index (χ3v) is 0.524. The normalized spacial score (nSPS) is 7.33. The van der Waals surface area contributed by atoms with Gasteiger partial charge in [0.2, 0.25) is 0 Å². The highest BCUT2D eigenvalue weighted by molar-refractivity contribution is 8.93. The van der Waals surface area contributed by atoms with Crippen molar-refractivity contribution in [2.45, 2.75) is 13.8 Å². The smallest absolute Gasteiger partial charge is 0.435 e. The van der Waals surface area contributed by atoms with E-state index in [4.69, 9.17) is 0 Å². The minimum Gasteiger partial charge on any atom is -0.435 e. The monoisotopic (exact) mass is 198 g/mol. The summed E-state index contributed by atoms with van der Waals surface area (Å²) in [7, 11) is 0. The molecule has 0 atom stereocenters. The summed E-state index contributed by atoms with van der Waals surface area (Å²) < 4.78 is 8.84. The van der Waals surface area contributed by atoms with Crippen LogP contribution in [0.15, 0.2) is 0 Å². The number of carbonyl (C=O) groups excluding carboxylic acids is 1. The van der Waals surface area contributed by atoms with E-state index >= 15 is 0 Å². The standard InChI is InChI=1S/C5H10O3.BrH/c1-3-7-5(6)8-4-2;/h3-4H2,1-2H3;1H. The lowest BCUT2D eigenvalue weighted by molar-refractivity contribution is 0.0630. The van der Waals surface area contributed by atoms with E-state index in [2.05, 4.69) is 9.47 Å². The van der Waals surface area contributed by atoms with Gasteiger partial charge in [-0.3, -0.25) is 0 Å². The van der Waals surface area contributed by atoms with Crippen LogP contribution in [-0.2, 0) is 9.47 Å². The van der Waals surface area contributed by atoms with Gasteiger partial charge in [0.15, 0.2) is 0 Å². The highest BCUT2D eigenvalue weighted by atomic mass is 79.9. The number of rotatable bonds is 2. The van der Waals surface area contributed by atoms with Crippen LogP contribution < -0.4 is 0 Å². The Morgan fingerprint density at radius 2 is 1.56 bits per heavy atom. The topological polar surface area (TPSA) is 35.5 Å². The maximum Gasteiger partial charge on any atom is 0.508 e. The molecule has 0 amide bonds. The second-order valence-corrected chi connectivity index (χ2v) is 1.12. The summed E-state index contributed by atoms with van der Waals surface area (Å²) >= 11 is 0. The van der Waals surface area contributed by atoms with E-state index in [1.807, 2.05) is 0 Å². The number of hydrogen-bond acceptors (Lipinski definition) is 3. The molecule has 3 nitrogen and oxygen atoms in total. The number of carbonyl (C=O) groups is 1. The molecule has 0 aromatic rings. The van der Waals surface area contributed by atoms with Gasteiger partial charge in [0, 0.05) is 0 Å². The summed E-state index contributed by atoms with van der Waals surface area (Å²) in [5, 5.41) is 0. The molecule has 0 aromatic carbocycles. The van der Waals surface area contributed by atoms with Crippen molar-refractivity contribution < 1.29 is 14.3 Å². The third-order valence-electron chi connectivity index (χ3n) is 0.524. The van der Waals surface area contributed by atoms with E-state index in [1.165, 1.54) is 0 Å². The maximum absolute atomic E-state index is 10.2. The van der Waals surface area contributed by atoms with Gasteiger partial charge in [0.1, 0.15) is 0 Å². The fourth-order valence-electron chi connectivity index (χ4n) is 0.277. The van der Waals surface area contributed by atoms with Crippen molar-refractivity contribution in [2.75, 3.05) is 13.2 Å². The van der Waals surface area contributed by atoms with Crippen LogP contribution in [0, 0.1) is 0 Å². The summed E-state index contributed by atoms with van der Waals surface area (Å²) in [4.78, 5) is 10.2. The zero-order chi connectivity index (χ0) is 6.41. The van der Waals surface area contributed by atoms with E-state index in [9.17, 15) is 4.79 Å². The molecule has 0 N–H and O–H groups in total. The van der Waals surface area contributed by atoms with Crippen molar-refractivity contribution in [1.29, 1.82) is 0 Å². The van der Waals surface area contributed by atoms with Crippen LogP contribution in [0.1, 0.15) is 13.8 Å². The second kappa shape index (κ2) is 7.75. The summed E-state index contributed by atoms with van der Waals surface area (Å²) in [6.45, 7) is 4.21. The van der Waals surface area contributed by atoms with Crippen LogP contribution in [0.2, 0.25) is 0 Å². The molecule has 0 spiro atoms. The lowest BCUT2D eigenvalue weighted by Crippen LogP contribution is -2.05. The first-order chi connectivity index (χ1) is 3.81. The number of ether oxygens (including phenoxy) is 2. The molecule has 9 heavy (non-hydrogen) atoms. The van der Waals surface area contributed by atoms with Crippen LogP contribution in [0.5, 0.6) is 0 Å². The molecule has 0 rings (SSSR count). The lowest BCUT2D eigenvalue weighted by Gasteiger charge is -1.98. The first-order valence-corrected chi connectivity index (χ1v) is 2.60. The molecule has 0 radical (unpaired) electrons. The van der Waals surface area contributed by atoms with Gasteiger partial charge in [-0.2, -0.15) is 0 Å². The molecule has 0 aliphatic rings. The van der Waals surface area contributed by atoms with Gasteiger partial charge < -0.3 is 9.47 Å². The summed E-state index contributed by atoms with van der Waals surface area (Å²) in [5.74, 6) is 0. The van der Waals surface area contributed by atoms with E-state index in [0.29, 0.717) is 13.2 Å². The Hall–Kier alpha value is -0.250. The molecule has 4 heteroatoms. The van der Waals surface area contributed by atoms with Gasteiger partial charge in [0.05, 0.1) is 13.2 Å². The van der Waals surface area contributed by atoms with Crippen molar-refractivity contribution in [3.63, 3.8) is 0 Å². The quantitative estimate of drug-likeness (QED) is 0.635. The molecular formula is C5H11BrO3. The van der Waals surface area contributed by atoms with Crippen LogP contribution >= 0.6 is 17.0 Å². The average Bonchev–Trinajstić information content (AvgIpc) is 1.68. The van der Waals surface area contributed by atoms with Gasteiger partial charge in [-0.1, -0.05) is 0 Å². The van der Waals surface area contributed by atoms with E-state index in [-0.39, 0.29) is 17.0 Å². The van der Waals surface area contributed by atoms with Crippen molar-refractivity contribution >= 4 is 23.1 Å². The van der Waals surface area contributed by atoms with Crippen LogP contribution in [-0.4, -0.2) is 19.4 Å². The Morgan fingerprint density at radius 1 is 1.22 bits per heavy atom.